The Bertz CT molecular complexity index is 836. The Kier molecular flexibility index (Phi) is 103. The van der Waals surface area contributed by atoms with E-state index in [1.165, 1.54) is 142 Å². The van der Waals surface area contributed by atoms with E-state index in [2.05, 4.69) is 211 Å². The van der Waals surface area contributed by atoms with Crippen LogP contribution < -0.4 is 5.32 Å². The summed E-state index contributed by atoms with van der Waals surface area (Å²) in [7, 11) is 0. The molecule has 0 aromatic carbocycles. The molecule has 8 rings (SSSR count). The number of hydrogen-bond donors (Lipinski definition) is 1. The minimum Gasteiger partial charge on any atom is -0.381 e. The van der Waals surface area contributed by atoms with Crippen molar-refractivity contribution in [3.05, 3.63) is 48.7 Å². The molecular formula is C69H146N4O2. The Labute approximate surface area is 477 Å². The first-order valence-electron chi connectivity index (χ1n) is 31.7. The zero-order valence-electron chi connectivity index (χ0n) is 56.3. The molecule has 0 aromatic rings. The molecule has 5 fully saturated rings. The first kappa shape index (κ1) is 89.7. The van der Waals surface area contributed by atoms with E-state index in [1.54, 1.807) is 12.4 Å². The molecule has 0 bridgehead atoms. The Balaban J connectivity index is -0.000000107. The molecule has 0 radical (unpaired) electrons. The van der Waals surface area contributed by atoms with E-state index in [4.69, 9.17) is 9.47 Å². The lowest BCUT2D eigenvalue weighted by molar-refractivity contribution is 0.0968. The molecule has 3 aliphatic carbocycles. The summed E-state index contributed by atoms with van der Waals surface area (Å²) < 4.78 is 10.0. The van der Waals surface area contributed by atoms with Crippen molar-refractivity contribution in [2.45, 2.75) is 295 Å². The van der Waals surface area contributed by atoms with E-state index in [9.17, 15) is 0 Å². The number of ether oxygens (including phenoxy) is 2. The van der Waals surface area contributed by atoms with E-state index >= 15 is 0 Å². The highest BCUT2D eigenvalue weighted by Crippen LogP contribution is 2.16. The second-order valence-corrected chi connectivity index (χ2v) is 25.4. The molecule has 2 saturated carbocycles. The third kappa shape index (κ3) is 210. The second-order valence-electron chi connectivity index (χ2n) is 25.4. The van der Waals surface area contributed by atoms with Crippen molar-refractivity contribution < 1.29 is 9.47 Å². The normalized spacial score (nSPS) is 16.3. The third-order valence-corrected chi connectivity index (χ3v) is 7.47. The van der Waals surface area contributed by atoms with Crippen LogP contribution in [0.3, 0.4) is 0 Å². The Morgan fingerprint density at radius 2 is 0.573 bits per heavy atom. The minimum atomic E-state index is 0.778. The number of aliphatic imine (C=N–C) groups is 1. The van der Waals surface area contributed by atoms with E-state index in [1.807, 2.05) is 18.2 Å². The van der Waals surface area contributed by atoms with Gasteiger partial charge in [-0.1, -0.05) is 267 Å². The molecule has 75 heavy (non-hydrogen) atoms. The van der Waals surface area contributed by atoms with Crippen molar-refractivity contribution in [3.8, 4) is 0 Å². The van der Waals surface area contributed by atoms with Gasteiger partial charge in [0.1, 0.15) is 0 Å². The van der Waals surface area contributed by atoms with Gasteiger partial charge in [0.15, 0.2) is 0 Å². The van der Waals surface area contributed by atoms with E-state index in [0.29, 0.717) is 0 Å². The average Bonchev–Trinajstić information content (AvgIpc) is 4.18. The number of nitrogens with one attached hydrogen (secondary N) is 1. The van der Waals surface area contributed by atoms with Gasteiger partial charge < -0.3 is 14.8 Å². The lowest BCUT2D eigenvalue weighted by atomic mass is 10.0. The van der Waals surface area contributed by atoms with Gasteiger partial charge in [0.2, 0.25) is 0 Å². The van der Waals surface area contributed by atoms with Crippen molar-refractivity contribution in [1.82, 2.24) is 5.32 Å². The number of nitrogens with zero attached hydrogens (tertiary/aromatic N) is 3. The van der Waals surface area contributed by atoms with Crippen molar-refractivity contribution in [3.63, 3.8) is 0 Å². The summed E-state index contributed by atoms with van der Waals surface area (Å²) in [6.07, 6.45) is 46.1. The number of azo groups is 1. The van der Waals surface area contributed by atoms with Crippen LogP contribution in [0.5, 0.6) is 0 Å². The summed E-state index contributed by atoms with van der Waals surface area (Å²) in [5.74, 6) is 6.67. The van der Waals surface area contributed by atoms with E-state index in [-0.39, 0.29) is 0 Å². The molecule has 0 aromatic heterocycles. The number of rotatable bonds is 0. The molecule has 0 atom stereocenters. The molecule has 6 heteroatoms. The first-order valence-corrected chi connectivity index (χ1v) is 31.7. The van der Waals surface area contributed by atoms with Crippen LogP contribution in [-0.2, 0) is 9.47 Å². The minimum absolute atomic E-state index is 0.778. The summed E-state index contributed by atoms with van der Waals surface area (Å²) in [6, 6.07) is 0. The molecule has 6 nitrogen and oxygen atoms in total. The summed E-state index contributed by atoms with van der Waals surface area (Å²) in [5, 5.41) is 10.3. The second kappa shape index (κ2) is 86.0. The molecule has 0 amide bonds. The molecule has 0 unspecified atom stereocenters. The highest BCUT2D eigenvalue weighted by atomic mass is 16.5. The molecule has 8 aliphatic rings. The van der Waals surface area contributed by atoms with E-state index in [0.717, 1.165) is 86.9 Å². The smallest absolute Gasteiger partial charge is 0.0802 e. The van der Waals surface area contributed by atoms with Crippen LogP contribution >= 0.6 is 0 Å². The van der Waals surface area contributed by atoms with Gasteiger partial charge in [-0.05, 0) is 130 Å². The zero-order valence-corrected chi connectivity index (χ0v) is 56.3. The molecular weight excluding hydrogens is 917 g/mol. The zero-order chi connectivity index (χ0) is 59.0. The third-order valence-electron chi connectivity index (χ3n) is 7.47. The SMILES string of the molecule is C1=CCCC=C1.C1=CCN=C1.C1=CN=NC1.C1CCCC1.C1CCCCC1.C1CCNC1.C1CCOC1.C1CCOCC1.CC(C)C.CC(C)C.CC(C)C.CC(C)C.CC(C)C.CC(C)C.CC(C)C.CC(C)C. The molecule has 1 N–H and O–H groups in total. The van der Waals surface area contributed by atoms with Gasteiger partial charge in [-0.2, -0.15) is 10.2 Å². The molecule has 454 valence electrons. The molecule has 5 heterocycles. The quantitative estimate of drug-likeness (QED) is 0.263. The van der Waals surface area contributed by atoms with Crippen LogP contribution in [0.2, 0.25) is 0 Å². The van der Waals surface area contributed by atoms with Crippen molar-refractivity contribution in [2.24, 2.45) is 62.6 Å². The lowest BCUT2D eigenvalue weighted by Gasteiger charge is -2.08. The van der Waals surface area contributed by atoms with Gasteiger partial charge in [0.05, 0.1) is 13.1 Å². The predicted molar refractivity (Wildman–Crippen MR) is 351 cm³/mol. The van der Waals surface area contributed by atoms with Crippen molar-refractivity contribution in [1.29, 1.82) is 0 Å². The monoisotopic (exact) mass is 1060 g/mol. The Hall–Kier alpha value is -1.89. The fourth-order valence-corrected chi connectivity index (χ4v) is 4.85. The highest BCUT2D eigenvalue weighted by molar-refractivity contribution is 5.73. The lowest BCUT2D eigenvalue weighted by Crippen LogP contribution is -2.03. The Morgan fingerprint density at radius 1 is 0.307 bits per heavy atom. The predicted octanol–water partition coefficient (Wildman–Crippen LogP) is 23.4. The van der Waals surface area contributed by atoms with Gasteiger partial charge in [-0.15, -0.1) is 0 Å². The fourth-order valence-electron chi connectivity index (χ4n) is 4.85. The highest BCUT2D eigenvalue weighted by Gasteiger charge is 1.97. The van der Waals surface area contributed by atoms with Crippen LogP contribution in [0.15, 0.2) is 64.0 Å². The molecule has 0 spiro atoms. The largest absolute Gasteiger partial charge is 0.381 e. The van der Waals surface area contributed by atoms with Crippen molar-refractivity contribution >= 4 is 6.21 Å². The maximum atomic E-state index is 5.07. The van der Waals surface area contributed by atoms with Gasteiger partial charge in [0, 0.05) is 38.8 Å². The number of allylic oxidation sites excluding steroid dienone is 5. The molecule has 3 saturated heterocycles. The standard InChI is InChI=1S/C6H12.C6H8.C5H10O.C5H10.C4H9N.C4H5N.C4H8O.8C4H10.C3H4N2/c3*1-2-4-6-5-3-1;4*1-2-4-5-3-1;8*1-4(2)3;1-2-4-5-3-1/h1-6H2;1-4H,5-6H2;1-5H2;1-5H2;5H,1-4H2;1-3H,4H2;1-4H2;8*4H,1-3H3;1-2H,3H2. The van der Waals surface area contributed by atoms with E-state index < -0.39 is 0 Å². The fraction of sp³-hybridized carbons (Fsp3) is 0.870. The number of hydrogen-bond acceptors (Lipinski definition) is 6. The molecule has 5 aliphatic heterocycles. The topological polar surface area (TPSA) is 67.6 Å². The maximum absolute atomic E-state index is 5.07. The summed E-state index contributed by atoms with van der Waals surface area (Å²) in [4.78, 5) is 3.85. The van der Waals surface area contributed by atoms with Crippen molar-refractivity contribution in [2.75, 3.05) is 52.6 Å². The van der Waals surface area contributed by atoms with Gasteiger partial charge in [-0.3, -0.25) is 4.99 Å². The summed E-state index contributed by atoms with van der Waals surface area (Å²) >= 11 is 0. The van der Waals surface area contributed by atoms with Gasteiger partial charge in [-0.25, -0.2) is 0 Å². The van der Waals surface area contributed by atoms with Crippen LogP contribution in [0, 0.1) is 47.3 Å². The maximum Gasteiger partial charge on any atom is 0.0802 e. The van der Waals surface area contributed by atoms with Gasteiger partial charge >= 0.3 is 0 Å². The Morgan fingerprint density at radius 3 is 0.667 bits per heavy atom. The average molecular weight is 1060 g/mol. The summed E-state index contributed by atoms with van der Waals surface area (Å²) in [5.41, 5.74) is 0. The first-order chi connectivity index (χ1) is 35.4. The van der Waals surface area contributed by atoms with Crippen LogP contribution in [-0.4, -0.2) is 58.8 Å². The van der Waals surface area contributed by atoms with Crippen LogP contribution in [0.25, 0.3) is 0 Å². The van der Waals surface area contributed by atoms with Gasteiger partial charge in [0.25, 0.3) is 0 Å². The van der Waals surface area contributed by atoms with Crippen LogP contribution in [0.1, 0.15) is 295 Å². The summed E-state index contributed by atoms with van der Waals surface area (Å²) in [6.45, 7) is 60.2. The van der Waals surface area contributed by atoms with Crippen LogP contribution in [0.4, 0.5) is 0 Å².